The zero-order valence-corrected chi connectivity index (χ0v) is 19.4. The number of piperidine rings is 1. The minimum absolute atomic E-state index is 0.0260. The van der Waals surface area contributed by atoms with Crippen molar-refractivity contribution in [3.05, 3.63) is 70.0 Å². The molecule has 1 heterocycles. The second-order valence-electron chi connectivity index (χ2n) is 8.90. The lowest BCUT2D eigenvalue weighted by Gasteiger charge is -2.39. The van der Waals surface area contributed by atoms with Crippen molar-refractivity contribution in [1.82, 2.24) is 9.80 Å². The average Bonchev–Trinajstić information content (AvgIpc) is 2.76. The highest BCUT2D eigenvalue weighted by atomic mass is 19.4. The van der Waals surface area contributed by atoms with E-state index in [4.69, 9.17) is 5.73 Å². The number of carbonyl (C=O) groups excluding carboxylic acids is 2. The lowest BCUT2D eigenvalue weighted by molar-refractivity contribution is -0.143. The van der Waals surface area contributed by atoms with Crippen molar-refractivity contribution in [2.75, 3.05) is 20.1 Å². The summed E-state index contributed by atoms with van der Waals surface area (Å²) < 4.78 is 92.9. The molecule has 1 aliphatic heterocycles. The van der Waals surface area contributed by atoms with Crippen molar-refractivity contribution in [1.29, 1.82) is 0 Å². The average molecular weight is 519 g/mol. The zero-order valence-electron chi connectivity index (χ0n) is 19.4. The minimum atomic E-state index is -5.01. The molecule has 0 spiro atoms. The highest BCUT2D eigenvalue weighted by Crippen LogP contribution is 2.38. The Hall–Kier alpha value is -3.31. The van der Waals surface area contributed by atoms with Crippen LogP contribution in [0.15, 0.2) is 36.4 Å². The van der Waals surface area contributed by atoms with Crippen LogP contribution >= 0.6 is 0 Å². The number of rotatable bonds is 4. The molecule has 196 valence electrons. The molecule has 2 atom stereocenters. The van der Waals surface area contributed by atoms with Gasteiger partial charge in [0.15, 0.2) is 0 Å². The zero-order chi connectivity index (χ0) is 27.0. The van der Waals surface area contributed by atoms with Crippen LogP contribution in [-0.4, -0.2) is 41.9 Å². The molecule has 1 aliphatic rings. The molecule has 0 radical (unpaired) electrons. The first kappa shape index (κ1) is 27.3. The number of likely N-dealkylation sites (tertiary alicyclic amines) is 1. The third kappa shape index (κ3) is 6.08. The van der Waals surface area contributed by atoms with Crippen LogP contribution in [0.3, 0.4) is 0 Å². The number of amides is 3. The lowest BCUT2D eigenvalue weighted by Crippen LogP contribution is -2.49. The van der Waals surface area contributed by atoms with Crippen LogP contribution in [0.2, 0.25) is 0 Å². The van der Waals surface area contributed by atoms with Gasteiger partial charge in [0, 0.05) is 38.5 Å². The number of primary amides is 1. The first-order valence-electron chi connectivity index (χ1n) is 10.9. The minimum Gasteiger partial charge on any atom is -0.351 e. The van der Waals surface area contributed by atoms with E-state index in [2.05, 4.69) is 0 Å². The van der Waals surface area contributed by atoms with Gasteiger partial charge in [-0.3, -0.25) is 4.79 Å². The maximum Gasteiger partial charge on any atom is 0.416 e. The lowest BCUT2D eigenvalue weighted by atomic mass is 9.78. The highest BCUT2D eigenvalue weighted by molar-refractivity contribution is 5.81. The summed E-state index contributed by atoms with van der Waals surface area (Å²) >= 11 is 0. The van der Waals surface area contributed by atoms with E-state index in [-0.39, 0.29) is 31.1 Å². The maximum atomic E-state index is 13.7. The predicted octanol–water partition coefficient (Wildman–Crippen LogP) is 5.31. The summed E-state index contributed by atoms with van der Waals surface area (Å²) in [5, 5.41) is 0. The number of urea groups is 1. The third-order valence-electron chi connectivity index (χ3n) is 6.32. The van der Waals surface area contributed by atoms with Gasteiger partial charge in [0.1, 0.15) is 5.82 Å². The van der Waals surface area contributed by atoms with Crippen LogP contribution < -0.4 is 5.73 Å². The molecule has 3 rings (SSSR count). The Morgan fingerprint density at radius 3 is 2.11 bits per heavy atom. The fraction of sp³-hybridized carbons (Fsp3) is 0.417. The summed E-state index contributed by atoms with van der Waals surface area (Å²) in [4.78, 5) is 27.5. The predicted molar refractivity (Wildman–Crippen MR) is 116 cm³/mol. The molecule has 2 aromatic carbocycles. The molecule has 1 saturated heterocycles. The van der Waals surface area contributed by atoms with Gasteiger partial charge in [-0.15, -0.1) is 0 Å². The van der Waals surface area contributed by atoms with Gasteiger partial charge in [0.05, 0.1) is 11.1 Å². The summed E-state index contributed by atoms with van der Waals surface area (Å²) in [5.41, 5.74) is 3.24. The van der Waals surface area contributed by atoms with Crippen molar-refractivity contribution in [3.63, 3.8) is 0 Å². The third-order valence-corrected chi connectivity index (χ3v) is 6.32. The smallest absolute Gasteiger partial charge is 0.351 e. The molecule has 2 aromatic rings. The van der Waals surface area contributed by atoms with Gasteiger partial charge in [-0.05, 0) is 60.4 Å². The quantitative estimate of drug-likeness (QED) is 0.557. The van der Waals surface area contributed by atoms with E-state index >= 15 is 0 Å². The fourth-order valence-electron chi connectivity index (χ4n) is 4.56. The number of alkyl halides is 6. The molecule has 2 unspecified atom stereocenters. The van der Waals surface area contributed by atoms with Crippen LogP contribution in [0.1, 0.15) is 40.2 Å². The molecule has 12 heteroatoms. The van der Waals surface area contributed by atoms with E-state index in [1.807, 2.05) is 0 Å². The number of hydrogen-bond acceptors (Lipinski definition) is 2. The summed E-state index contributed by atoms with van der Waals surface area (Å²) in [6, 6.07) is 4.44. The van der Waals surface area contributed by atoms with E-state index in [1.165, 1.54) is 30.1 Å². The van der Waals surface area contributed by atoms with Gasteiger partial charge in [-0.1, -0.05) is 6.07 Å². The summed E-state index contributed by atoms with van der Waals surface area (Å²) in [7, 11) is 1.28. The van der Waals surface area contributed by atoms with E-state index in [1.54, 1.807) is 6.92 Å². The van der Waals surface area contributed by atoms with Crippen LogP contribution in [-0.2, 0) is 23.7 Å². The van der Waals surface area contributed by atoms with E-state index < -0.39 is 59.6 Å². The number of nitrogens with two attached hydrogens (primary N) is 1. The first-order chi connectivity index (χ1) is 16.6. The monoisotopic (exact) mass is 519 g/mol. The maximum absolute atomic E-state index is 13.7. The topological polar surface area (TPSA) is 66.6 Å². The summed E-state index contributed by atoms with van der Waals surface area (Å²) in [5.74, 6) is -2.39. The van der Waals surface area contributed by atoms with Crippen LogP contribution in [0.4, 0.5) is 35.5 Å². The van der Waals surface area contributed by atoms with Crippen molar-refractivity contribution < 1.29 is 40.3 Å². The SMILES string of the molecule is Cc1cc(F)ccc1C1CN(C(N)=O)CCC1C(=O)N(C)Cc1cc(C(F)(F)F)cc(C(F)(F)F)c1. The molecule has 0 aromatic heterocycles. The Morgan fingerprint density at radius 1 is 1.03 bits per heavy atom. The van der Waals surface area contributed by atoms with Crippen LogP contribution in [0, 0.1) is 18.7 Å². The standard InChI is InChI=1S/C24H24F7N3O2/c1-13-7-17(25)3-4-18(13)20-12-34(22(32)36)6-5-19(20)21(35)33(2)11-14-8-15(23(26,27)28)10-16(9-14)24(29,30)31/h3-4,7-10,19-20H,5-6,11-12H2,1-2H3,(H2,32,36). The largest absolute Gasteiger partial charge is 0.416 e. The number of nitrogens with zero attached hydrogens (tertiary/aromatic N) is 2. The fourth-order valence-corrected chi connectivity index (χ4v) is 4.56. The van der Waals surface area contributed by atoms with Gasteiger partial charge in [-0.2, -0.15) is 26.3 Å². The number of aryl methyl sites for hydroxylation is 1. The van der Waals surface area contributed by atoms with Gasteiger partial charge < -0.3 is 15.5 Å². The van der Waals surface area contributed by atoms with Crippen molar-refractivity contribution in [3.8, 4) is 0 Å². The van der Waals surface area contributed by atoms with E-state index in [0.29, 0.717) is 23.3 Å². The Balaban J connectivity index is 1.92. The van der Waals surface area contributed by atoms with Gasteiger partial charge in [0.2, 0.25) is 5.91 Å². The molecule has 1 fully saturated rings. The molecule has 0 saturated carbocycles. The molecule has 2 N–H and O–H groups in total. The van der Waals surface area contributed by atoms with Crippen molar-refractivity contribution >= 4 is 11.9 Å². The molecular formula is C24H24F7N3O2. The number of halogens is 7. The normalized spacial score (nSPS) is 18.8. The first-order valence-corrected chi connectivity index (χ1v) is 10.9. The second kappa shape index (κ2) is 9.98. The Kier molecular flexibility index (Phi) is 7.56. The summed E-state index contributed by atoms with van der Waals surface area (Å²) in [6.07, 6.45) is -9.86. The number of benzene rings is 2. The van der Waals surface area contributed by atoms with E-state index in [9.17, 15) is 40.3 Å². The Bertz CT molecular complexity index is 1120. The summed E-state index contributed by atoms with van der Waals surface area (Å²) in [6.45, 7) is 1.32. The van der Waals surface area contributed by atoms with Gasteiger partial charge >= 0.3 is 18.4 Å². The van der Waals surface area contributed by atoms with Gasteiger partial charge in [-0.25, -0.2) is 9.18 Å². The molecule has 5 nitrogen and oxygen atoms in total. The van der Waals surface area contributed by atoms with Crippen molar-refractivity contribution in [2.45, 2.75) is 38.2 Å². The Morgan fingerprint density at radius 2 is 1.61 bits per heavy atom. The van der Waals surface area contributed by atoms with E-state index in [0.717, 1.165) is 4.90 Å². The van der Waals surface area contributed by atoms with Crippen LogP contribution in [0.5, 0.6) is 0 Å². The van der Waals surface area contributed by atoms with Crippen LogP contribution in [0.25, 0.3) is 0 Å². The highest BCUT2D eigenvalue weighted by Gasteiger charge is 2.39. The number of carbonyl (C=O) groups is 2. The number of hydrogen-bond donors (Lipinski definition) is 1. The molecule has 3 amide bonds. The second-order valence-corrected chi connectivity index (χ2v) is 8.90. The molecule has 36 heavy (non-hydrogen) atoms. The molecule has 0 bridgehead atoms. The van der Waals surface area contributed by atoms with Gasteiger partial charge in [0.25, 0.3) is 0 Å². The Labute approximate surface area is 202 Å². The molecule has 0 aliphatic carbocycles. The van der Waals surface area contributed by atoms with Crippen molar-refractivity contribution in [2.24, 2.45) is 11.7 Å². The molecular weight excluding hydrogens is 495 g/mol.